The van der Waals surface area contributed by atoms with E-state index in [1.165, 1.54) is 4.90 Å². The van der Waals surface area contributed by atoms with Crippen molar-refractivity contribution in [2.24, 2.45) is 0 Å². The molecule has 0 aliphatic heterocycles. The summed E-state index contributed by atoms with van der Waals surface area (Å²) in [6, 6.07) is 4.88. The molecule has 0 spiro atoms. The van der Waals surface area contributed by atoms with E-state index in [-0.39, 0.29) is 18.5 Å². The maximum absolute atomic E-state index is 12.9. The van der Waals surface area contributed by atoms with E-state index in [1.807, 2.05) is 45.9 Å². The van der Waals surface area contributed by atoms with Crippen LogP contribution in [0.4, 0.5) is 4.79 Å². The number of rotatable bonds is 6. The van der Waals surface area contributed by atoms with Gasteiger partial charge in [-0.2, -0.15) is 0 Å². The molecule has 0 bridgehead atoms. The van der Waals surface area contributed by atoms with Crippen molar-refractivity contribution >= 4 is 17.9 Å². The smallest absolute Gasteiger partial charge is 0.408 e. The Kier molecular flexibility index (Phi) is 8.02. The number of aryl methyl sites for hydroxylation is 2. The van der Waals surface area contributed by atoms with Gasteiger partial charge in [0.25, 0.3) is 0 Å². The van der Waals surface area contributed by atoms with Gasteiger partial charge in [0.2, 0.25) is 11.8 Å². The van der Waals surface area contributed by atoms with Gasteiger partial charge >= 0.3 is 6.09 Å². The second kappa shape index (κ2) is 9.57. The highest BCUT2D eigenvalue weighted by molar-refractivity contribution is 5.90. The van der Waals surface area contributed by atoms with E-state index >= 15 is 0 Å². The third kappa shape index (κ3) is 6.87. The van der Waals surface area contributed by atoms with Crippen LogP contribution in [0.2, 0.25) is 0 Å². The van der Waals surface area contributed by atoms with Gasteiger partial charge in [-0.15, -0.1) is 0 Å². The monoisotopic (exact) mass is 391 g/mol. The van der Waals surface area contributed by atoms with Crippen molar-refractivity contribution in [3.05, 3.63) is 34.9 Å². The molecule has 2 N–H and O–H groups in total. The maximum Gasteiger partial charge on any atom is 0.408 e. The van der Waals surface area contributed by atoms with Crippen molar-refractivity contribution in [2.75, 3.05) is 13.6 Å². The minimum atomic E-state index is -0.795. The number of nitrogens with one attached hydrogen (secondary N) is 2. The zero-order valence-corrected chi connectivity index (χ0v) is 18.2. The van der Waals surface area contributed by atoms with Gasteiger partial charge in [0.05, 0.1) is 0 Å². The van der Waals surface area contributed by atoms with Crippen LogP contribution in [0.1, 0.15) is 57.4 Å². The van der Waals surface area contributed by atoms with Crippen LogP contribution in [-0.2, 0) is 14.3 Å². The zero-order valence-electron chi connectivity index (χ0n) is 18.2. The molecule has 0 aromatic heterocycles. The fraction of sp³-hybridized carbons (Fsp3) is 0.571. The van der Waals surface area contributed by atoms with Crippen LogP contribution >= 0.6 is 0 Å². The standard InChI is InChI=1S/C21H33N3O4/c1-13(2)23-19(26)18(17-14(3)10-9-11-15(17)4)24(8)16(25)12-22-20(27)28-21(5,6)7/h9-11,13,18H,12H2,1-8H3,(H,22,27)(H,23,26). The number of likely N-dealkylation sites (N-methyl/N-ethyl adjacent to an activating group) is 1. The normalized spacial score (nSPS) is 12.3. The Morgan fingerprint density at radius 1 is 1.11 bits per heavy atom. The third-order valence-electron chi connectivity index (χ3n) is 4.06. The van der Waals surface area contributed by atoms with Crippen LogP contribution < -0.4 is 10.6 Å². The molecule has 0 aliphatic carbocycles. The summed E-state index contributed by atoms with van der Waals surface area (Å²) in [6.07, 6.45) is -0.676. The first kappa shape index (κ1) is 23.5. The predicted octanol–water partition coefficient (Wildman–Crippen LogP) is 2.85. The van der Waals surface area contributed by atoms with Gasteiger partial charge < -0.3 is 20.3 Å². The predicted molar refractivity (Wildman–Crippen MR) is 109 cm³/mol. The molecule has 0 aliphatic rings. The van der Waals surface area contributed by atoms with Crippen molar-refractivity contribution < 1.29 is 19.1 Å². The van der Waals surface area contributed by atoms with Crippen LogP contribution in [0, 0.1) is 13.8 Å². The largest absolute Gasteiger partial charge is 0.444 e. The molecule has 1 atom stereocenters. The average molecular weight is 392 g/mol. The van der Waals surface area contributed by atoms with Crippen LogP contribution in [0.25, 0.3) is 0 Å². The van der Waals surface area contributed by atoms with E-state index in [0.29, 0.717) is 0 Å². The fourth-order valence-electron chi connectivity index (χ4n) is 2.85. The van der Waals surface area contributed by atoms with Crippen molar-refractivity contribution in [3.63, 3.8) is 0 Å². The number of carbonyl (C=O) groups excluding carboxylic acids is 3. The lowest BCUT2D eigenvalue weighted by molar-refractivity contribution is -0.138. The molecule has 0 fully saturated rings. The lowest BCUT2D eigenvalue weighted by Gasteiger charge is -2.31. The molecule has 28 heavy (non-hydrogen) atoms. The first-order valence-corrected chi connectivity index (χ1v) is 9.42. The Morgan fingerprint density at radius 3 is 2.11 bits per heavy atom. The van der Waals surface area contributed by atoms with Crippen molar-refractivity contribution in [2.45, 2.75) is 66.2 Å². The van der Waals surface area contributed by atoms with Gasteiger partial charge in [0, 0.05) is 13.1 Å². The Labute approximate surface area is 167 Å². The molecule has 156 valence electrons. The summed E-state index contributed by atoms with van der Waals surface area (Å²) in [7, 11) is 1.57. The van der Waals surface area contributed by atoms with E-state index in [0.717, 1.165) is 16.7 Å². The van der Waals surface area contributed by atoms with Crippen LogP contribution in [-0.4, -0.2) is 48.0 Å². The Balaban J connectivity index is 3.05. The van der Waals surface area contributed by atoms with Gasteiger partial charge in [0.1, 0.15) is 18.2 Å². The van der Waals surface area contributed by atoms with Crippen molar-refractivity contribution in [3.8, 4) is 0 Å². The lowest BCUT2D eigenvalue weighted by atomic mass is 9.94. The highest BCUT2D eigenvalue weighted by Crippen LogP contribution is 2.27. The van der Waals surface area contributed by atoms with Crippen LogP contribution in [0.15, 0.2) is 18.2 Å². The van der Waals surface area contributed by atoms with E-state index < -0.39 is 23.6 Å². The molecular formula is C21H33N3O4. The van der Waals surface area contributed by atoms with Crippen molar-refractivity contribution in [1.82, 2.24) is 15.5 Å². The first-order valence-electron chi connectivity index (χ1n) is 9.42. The van der Waals surface area contributed by atoms with Gasteiger partial charge in [-0.25, -0.2) is 4.79 Å². The van der Waals surface area contributed by atoms with E-state index in [9.17, 15) is 14.4 Å². The number of benzene rings is 1. The summed E-state index contributed by atoms with van der Waals surface area (Å²) >= 11 is 0. The van der Waals surface area contributed by atoms with E-state index in [1.54, 1.807) is 27.8 Å². The number of carbonyl (C=O) groups is 3. The Bertz CT molecular complexity index is 703. The third-order valence-corrected chi connectivity index (χ3v) is 4.06. The van der Waals surface area contributed by atoms with E-state index in [2.05, 4.69) is 10.6 Å². The highest BCUT2D eigenvalue weighted by Gasteiger charge is 2.31. The Morgan fingerprint density at radius 2 is 1.64 bits per heavy atom. The minimum Gasteiger partial charge on any atom is -0.444 e. The number of alkyl carbamates (subject to hydrolysis) is 1. The second-order valence-corrected chi connectivity index (χ2v) is 8.23. The molecule has 7 heteroatoms. The van der Waals surface area contributed by atoms with Crippen LogP contribution in [0.3, 0.4) is 0 Å². The van der Waals surface area contributed by atoms with Gasteiger partial charge in [-0.3, -0.25) is 9.59 Å². The zero-order chi connectivity index (χ0) is 21.6. The summed E-state index contributed by atoms with van der Waals surface area (Å²) in [4.78, 5) is 38.8. The quantitative estimate of drug-likeness (QED) is 0.781. The molecule has 3 amide bonds. The van der Waals surface area contributed by atoms with E-state index in [4.69, 9.17) is 4.74 Å². The Hall–Kier alpha value is -2.57. The van der Waals surface area contributed by atoms with Crippen LogP contribution in [0.5, 0.6) is 0 Å². The summed E-state index contributed by atoms with van der Waals surface area (Å²) in [6.45, 7) is 12.5. The summed E-state index contributed by atoms with van der Waals surface area (Å²) in [5.41, 5.74) is 1.97. The number of ether oxygens (including phenoxy) is 1. The van der Waals surface area contributed by atoms with Gasteiger partial charge in [-0.05, 0) is 65.2 Å². The summed E-state index contributed by atoms with van der Waals surface area (Å²) in [5.74, 6) is -0.655. The van der Waals surface area contributed by atoms with Crippen molar-refractivity contribution in [1.29, 1.82) is 0 Å². The minimum absolute atomic E-state index is 0.0669. The number of hydrogen-bond acceptors (Lipinski definition) is 4. The maximum atomic E-state index is 12.9. The second-order valence-electron chi connectivity index (χ2n) is 8.23. The summed E-state index contributed by atoms with van der Waals surface area (Å²) < 4.78 is 5.15. The molecule has 0 saturated heterocycles. The number of hydrogen-bond donors (Lipinski definition) is 2. The molecule has 0 heterocycles. The molecule has 0 saturated carbocycles. The number of amides is 3. The molecule has 1 aromatic carbocycles. The average Bonchev–Trinajstić information content (AvgIpc) is 2.53. The topological polar surface area (TPSA) is 87.7 Å². The SMILES string of the molecule is Cc1cccc(C)c1C(C(=O)NC(C)C)N(C)C(=O)CNC(=O)OC(C)(C)C. The molecule has 7 nitrogen and oxygen atoms in total. The molecule has 1 aromatic rings. The van der Waals surface area contributed by atoms with Gasteiger partial charge in [0.15, 0.2) is 0 Å². The molecule has 1 rings (SSSR count). The van der Waals surface area contributed by atoms with Gasteiger partial charge in [-0.1, -0.05) is 18.2 Å². The fourth-order valence-corrected chi connectivity index (χ4v) is 2.85. The molecule has 0 radical (unpaired) electrons. The molecule has 1 unspecified atom stereocenters. The lowest BCUT2D eigenvalue weighted by Crippen LogP contribution is -2.47. The first-order chi connectivity index (χ1) is 12.8. The number of nitrogens with zero attached hydrogens (tertiary/aromatic N) is 1. The highest BCUT2D eigenvalue weighted by atomic mass is 16.6. The summed E-state index contributed by atoms with van der Waals surface area (Å²) in [5, 5.41) is 5.33. The molecular weight excluding hydrogens is 358 g/mol.